The Labute approximate surface area is 112 Å². The summed E-state index contributed by atoms with van der Waals surface area (Å²) in [5.74, 6) is 1.29. The Morgan fingerprint density at radius 3 is 2.47 bits per heavy atom. The highest BCUT2D eigenvalue weighted by atomic mass is 16.1. The fourth-order valence-electron chi connectivity index (χ4n) is 2.57. The first-order valence-corrected chi connectivity index (χ1v) is 6.77. The lowest BCUT2D eigenvalue weighted by molar-refractivity contribution is 0.881. The average Bonchev–Trinajstić information content (AvgIpc) is 3.09. The lowest BCUT2D eigenvalue weighted by Gasteiger charge is -2.06. The highest BCUT2D eigenvalue weighted by molar-refractivity contribution is 5.30. The minimum absolute atomic E-state index is 0.0312. The molecule has 0 saturated heterocycles. The van der Waals surface area contributed by atoms with Crippen molar-refractivity contribution in [2.24, 2.45) is 0 Å². The average molecular weight is 254 g/mol. The van der Waals surface area contributed by atoms with Crippen molar-refractivity contribution in [2.45, 2.75) is 39.0 Å². The molecule has 0 radical (unpaired) electrons. The van der Waals surface area contributed by atoms with Gasteiger partial charge in [0.05, 0.1) is 5.69 Å². The van der Waals surface area contributed by atoms with Gasteiger partial charge in [0, 0.05) is 18.4 Å². The molecule has 0 unspecified atom stereocenters. The topological polar surface area (TPSA) is 45.8 Å². The molecule has 1 saturated carbocycles. The second-order valence-corrected chi connectivity index (χ2v) is 5.56. The van der Waals surface area contributed by atoms with Crippen molar-refractivity contribution in [3.05, 3.63) is 62.8 Å². The molecule has 0 atom stereocenters. The molecule has 2 aromatic rings. The normalized spacial score (nSPS) is 14.6. The van der Waals surface area contributed by atoms with Crippen LogP contribution in [-0.2, 0) is 6.42 Å². The van der Waals surface area contributed by atoms with Crippen LogP contribution in [0.2, 0.25) is 0 Å². The van der Waals surface area contributed by atoms with Gasteiger partial charge in [0.15, 0.2) is 0 Å². The van der Waals surface area contributed by atoms with Crippen molar-refractivity contribution >= 4 is 0 Å². The van der Waals surface area contributed by atoms with Crippen molar-refractivity contribution in [3.8, 4) is 0 Å². The number of nitrogens with one attached hydrogen (secondary N) is 1. The van der Waals surface area contributed by atoms with E-state index in [0.29, 0.717) is 12.3 Å². The van der Waals surface area contributed by atoms with Crippen molar-refractivity contribution in [3.63, 3.8) is 0 Å². The number of aryl methyl sites for hydroxylation is 2. The van der Waals surface area contributed by atoms with Crippen molar-refractivity contribution in [1.29, 1.82) is 0 Å². The summed E-state index contributed by atoms with van der Waals surface area (Å²) in [6.45, 7) is 4.18. The van der Waals surface area contributed by atoms with Gasteiger partial charge in [0.1, 0.15) is 5.82 Å². The van der Waals surface area contributed by atoms with Gasteiger partial charge in [-0.1, -0.05) is 29.3 Å². The maximum atomic E-state index is 11.7. The van der Waals surface area contributed by atoms with Gasteiger partial charge in [-0.3, -0.25) is 4.79 Å². The van der Waals surface area contributed by atoms with E-state index in [4.69, 9.17) is 0 Å². The third kappa shape index (κ3) is 2.92. The lowest BCUT2D eigenvalue weighted by Crippen LogP contribution is -2.12. The van der Waals surface area contributed by atoms with Gasteiger partial charge in [0.25, 0.3) is 5.56 Å². The van der Waals surface area contributed by atoms with Crippen molar-refractivity contribution in [2.75, 3.05) is 0 Å². The Balaban J connectivity index is 1.91. The second-order valence-electron chi connectivity index (χ2n) is 5.56. The Morgan fingerprint density at radius 1 is 1.16 bits per heavy atom. The third-order valence-electron chi connectivity index (χ3n) is 3.46. The predicted octanol–water partition coefficient (Wildman–Crippen LogP) is 2.85. The number of aromatic amines is 1. The molecule has 1 aliphatic rings. The van der Waals surface area contributed by atoms with Gasteiger partial charge in [-0.05, 0) is 32.3 Å². The molecule has 0 bridgehead atoms. The van der Waals surface area contributed by atoms with E-state index in [0.717, 1.165) is 11.5 Å². The van der Waals surface area contributed by atoms with E-state index in [1.54, 1.807) is 6.07 Å². The molecular weight excluding hydrogens is 236 g/mol. The summed E-state index contributed by atoms with van der Waals surface area (Å²) in [6.07, 6.45) is 3.03. The van der Waals surface area contributed by atoms with Crippen molar-refractivity contribution in [1.82, 2.24) is 9.97 Å². The highest BCUT2D eigenvalue weighted by Crippen LogP contribution is 2.38. The number of benzene rings is 1. The quantitative estimate of drug-likeness (QED) is 0.915. The largest absolute Gasteiger partial charge is 0.310 e. The van der Waals surface area contributed by atoms with Gasteiger partial charge in [0.2, 0.25) is 0 Å². The molecule has 0 amide bonds. The van der Waals surface area contributed by atoms with Crippen LogP contribution in [0.5, 0.6) is 0 Å². The smallest absolute Gasteiger partial charge is 0.251 e. The molecule has 1 aromatic heterocycles. The van der Waals surface area contributed by atoms with Crippen LogP contribution in [0.4, 0.5) is 0 Å². The van der Waals surface area contributed by atoms with Gasteiger partial charge < -0.3 is 4.98 Å². The molecule has 1 fully saturated rings. The minimum Gasteiger partial charge on any atom is -0.310 e. The molecule has 1 aromatic carbocycles. The third-order valence-corrected chi connectivity index (χ3v) is 3.46. The summed E-state index contributed by atoms with van der Waals surface area (Å²) in [7, 11) is 0. The van der Waals surface area contributed by atoms with E-state index in [1.165, 1.54) is 29.5 Å². The van der Waals surface area contributed by atoms with Gasteiger partial charge in [-0.25, -0.2) is 4.98 Å². The van der Waals surface area contributed by atoms with Crippen LogP contribution in [-0.4, -0.2) is 9.97 Å². The molecule has 3 nitrogen and oxygen atoms in total. The Bertz CT molecular complexity index is 648. The number of H-pyrrole nitrogens is 1. The van der Waals surface area contributed by atoms with Gasteiger partial charge in [-0.15, -0.1) is 0 Å². The molecule has 1 heterocycles. The number of hydrogen-bond acceptors (Lipinski definition) is 2. The molecule has 3 rings (SSSR count). The predicted molar refractivity (Wildman–Crippen MR) is 75.6 cm³/mol. The van der Waals surface area contributed by atoms with Crippen LogP contribution in [0.25, 0.3) is 0 Å². The molecule has 1 aliphatic carbocycles. The molecule has 19 heavy (non-hydrogen) atoms. The first-order valence-electron chi connectivity index (χ1n) is 6.77. The summed E-state index contributed by atoms with van der Waals surface area (Å²) >= 11 is 0. The van der Waals surface area contributed by atoms with Crippen LogP contribution in [0, 0.1) is 13.8 Å². The maximum Gasteiger partial charge on any atom is 0.251 e. The summed E-state index contributed by atoms with van der Waals surface area (Å²) in [5.41, 5.74) is 4.62. The molecule has 0 spiro atoms. The highest BCUT2D eigenvalue weighted by Gasteiger charge is 2.25. The van der Waals surface area contributed by atoms with Crippen LogP contribution >= 0.6 is 0 Å². The summed E-state index contributed by atoms with van der Waals surface area (Å²) in [6, 6.07) is 8.09. The number of hydrogen-bond donors (Lipinski definition) is 1. The number of aromatic nitrogens is 2. The standard InChI is InChI=1S/C16H18N2O/c1-10-5-11(2)7-12(6-10)8-15-17-14(13-3-4-13)9-16(19)18-15/h5-7,9,13H,3-4,8H2,1-2H3,(H,17,18,19). The number of rotatable bonds is 3. The van der Waals surface area contributed by atoms with E-state index in [9.17, 15) is 4.79 Å². The van der Waals surface area contributed by atoms with E-state index < -0.39 is 0 Å². The monoisotopic (exact) mass is 254 g/mol. The van der Waals surface area contributed by atoms with E-state index in [-0.39, 0.29) is 5.56 Å². The maximum absolute atomic E-state index is 11.7. The Hall–Kier alpha value is -1.90. The van der Waals surface area contributed by atoms with Crippen LogP contribution in [0.1, 0.15) is 47.0 Å². The minimum atomic E-state index is -0.0312. The molecular formula is C16H18N2O. The van der Waals surface area contributed by atoms with E-state index in [2.05, 4.69) is 42.0 Å². The zero-order valence-electron chi connectivity index (χ0n) is 11.4. The van der Waals surface area contributed by atoms with Gasteiger partial charge >= 0.3 is 0 Å². The fraction of sp³-hybridized carbons (Fsp3) is 0.375. The molecule has 0 aliphatic heterocycles. The van der Waals surface area contributed by atoms with Crippen LogP contribution in [0.3, 0.4) is 0 Å². The first-order chi connectivity index (χ1) is 9.10. The van der Waals surface area contributed by atoms with Crippen molar-refractivity contribution < 1.29 is 0 Å². The first kappa shape index (κ1) is 12.2. The molecule has 98 valence electrons. The van der Waals surface area contributed by atoms with E-state index >= 15 is 0 Å². The van der Waals surface area contributed by atoms with E-state index in [1.807, 2.05) is 0 Å². The zero-order valence-corrected chi connectivity index (χ0v) is 11.4. The Morgan fingerprint density at radius 2 is 1.84 bits per heavy atom. The summed E-state index contributed by atoms with van der Waals surface area (Å²) < 4.78 is 0. The molecule has 1 N–H and O–H groups in total. The summed E-state index contributed by atoms with van der Waals surface area (Å²) in [5, 5.41) is 0. The number of nitrogens with zero attached hydrogens (tertiary/aromatic N) is 1. The molecule has 3 heteroatoms. The SMILES string of the molecule is Cc1cc(C)cc(Cc2nc(C3CC3)cc(=O)[nH]2)c1. The zero-order chi connectivity index (χ0) is 13.4. The van der Waals surface area contributed by atoms with Crippen LogP contribution in [0.15, 0.2) is 29.1 Å². The summed E-state index contributed by atoms with van der Waals surface area (Å²) in [4.78, 5) is 19.1. The van der Waals surface area contributed by atoms with Gasteiger partial charge in [-0.2, -0.15) is 0 Å². The van der Waals surface area contributed by atoms with Crippen LogP contribution < -0.4 is 5.56 Å². The fourth-order valence-corrected chi connectivity index (χ4v) is 2.57. The second kappa shape index (κ2) is 4.65. The lowest BCUT2D eigenvalue weighted by atomic mass is 10.0. The Kier molecular flexibility index (Phi) is 2.97.